The molecule has 2 N–H and O–H groups in total. The number of amides is 2. The van der Waals surface area contributed by atoms with Crippen molar-refractivity contribution in [3.63, 3.8) is 0 Å². The second-order valence-corrected chi connectivity index (χ2v) is 10.2. The van der Waals surface area contributed by atoms with E-state index in [1.807, 2.05) is 48.5 Å². The highest BCUT2D eigenvalue weighted by Crippen LogP contribution is 2.33. The molecule has 0 heterocycles. The largest absolute Gasteiger partial charge is 0.495 e. The first-order chi connectivity index (χ1) is 18.6. The quantitative estimate of drug-likeness (QED) is 0.229. The van der Waals surface area contributed by atoms with E-state index in [0.29, 0.717) is 44.0 Å². The van der Waals surface area contributed by atoms with Crippen LogP contribution in [0.4, 0.5) is 11.4 Å². The van der Waals surface area contributed by atoms with E-state index in [4.69, 9.17) is 32.7 Å². The van der Waals surface area contributed by atoms with Gasteiger partial charge in [0.1, 0.15) is 11.5 Å². The zero-order chi connectivity index (χ0) is 28.2. The molecule has 39 heavy (non-hydrogen) atoms. The van der Waals surface area contributed by atoms with E-state index in [1.165, 1.54) is 14.2 Å². The maximum Gasteiger partial charge on any atom is 0.255 e. The molecule has 0 saturated heterocycles. The lowest BCUT2D eigenvalue weighted by molar-refractivity contribution is 0.101. The number of halogens is 2. The first kappa shape index (κ1) is 28.0. The summed E-state index contributed by atoms with van der Waals surface area (Å²) in [5.41, 5.74) is 4.03. The maximum absolute atomic E-state index is 12.7. The van der Waals surface area contributed by atoms with Gasteiger partial charge in [0, 0.05) is 27.9 Å². The zero-order valence-electron chi connectivity index (χ0n) is 22.0. The summed E-state index contributed by atoms with van der Waals surface area (Å²) in [7, 11) is 3.05. The third-order valence-electron chi connectivity index (χ3n) is 6.56. The van der Waals surface area contributed by atoms with Crippen molar-refractivity contribution in [3.8, 4) is 11.5 Å². The summed E-state index contributed by atoms with van der Waals surface area (Å²) in [6, 6.07) is 25.2. The van der Waals surface area contributed by atoms with Crippen LogP contribution in [-0.2, 0) is 5.41 Å². The Morgan fingerprint density at radius 2 is 0.974 bits per heavy atom. The van der Waals surface area contributed by atoms with E-state index < -0.39 is 0 Å². The SMILES string of the molecule is COc1ccc(C(=O)Nc2ccc(C(C)(C)c3ccc(NC(=O)c4ccc(OC)c(Cl)c4)cc3)cc2)cc1Cl. The molecule has 0 aliphatic heterocycles. The number of benzene rings is 4. The van der Waals surface area contributed by atoms with E-state index in [0.717, 1.165) is 11.1 Å². The maximum atomic E-state index is 12.7. The molecule has 6 nitrogen and oxygen atoms in total. The number of nitrogens with one attached hydrogen (secondary N) is 2. The van der Waals surface area contributed by atoms with Gasteiger partial charge < -0.3 is 20.1 Å². The number of carbonyl (C=O) groups is 2. The molecule has 0 aliphatic carbocycles. The first-order valence-electron chi connectivity index (χ1n) is 12.1. The molecule has 8 heteroatoms. The number of rotatable bonds is 8. The Balaban J connectivity index is 1.42. The minimum absolute atomic E-state index is 0.263. The Bertz CT molecular complexity index is 1390. The van der Waals surface area contributed by atoms with Crippen molar-refractivity contribution in [1.82, 2.24) is 0 Å². The highest BCUT2D eigenvalue weighted by atomic mass is 35.5. The molecule has 0 atom stereocenters. The van der Waals surface area contributed by atoms with E-state index in [9.17, 15) is 9.59 Å². The monoisotopic (exact) mass is 562 g/mol. The molecule has 0 saturated carbocycles. The zero-order valence-corrected chi connectivity index (χ0v) is 23.5. The fraction of sp³-hybridized carbons (Fsp3) is 0.161. The third kappa shape index (κ3) is 6.36. The number of anilines is 2. The second-order valence-electron chi connectivity index (χ2n) is 9.39. The average molecular weight is 563 g/mol. The number of hydrogen-bond donors (Lipinski definition) is 2. The fourth-order valence-electron chi connectivity index (χ4n) is 4.13. The van der Waals surface area contributed by atoms with Gasteiger partial charge in [-0.05, 0) is 71.8 Å². The van der Waals surface area contributed by atoms with Crippen molar-refractivity contribution < 1.29 is 19.1 Å². The van der Waals surface area contributed by atoms with Gasteiger partial charge >= 0.3 is 0 Å². The third-order valence-corrected chi connectivity index (χ3v) is 7.15. The Labute approximate surface area is 237 Å². The molecular weight excluding hydrogens is 535 g/mol. The van der Waals surface area contributed by atoms with Gasteiger partial charge in [-0.25, -0.2) is 0 Å². The molecule has 0 aromatic heterocycles. The minimum atomic E-state index is -0.321. The van der Waals surface area contributed by atoms with Crippen molar-refractivity contribution in [2.75, 3.05) is 24.9 Å². The molecule has 0 aliphatic rings. The molecule has 200 valence electrons. The van der Waals surface area contributed by atoms with Gasteiger partial charge in [-0.3, -0.25) is 9.59 Å². The first-order valence-corrected chi connectivity index (χ1v) is 12.9. The molecule has 0 bridgehead atoms. The van der Waals surface area contributed by atoms with Crippen LogP contribution in [0.1, 0.15) is 45.7 Å². The topological polar surface area (TPSA) is 76.7 Å². The summed E-state index contributed by atoms with van der Waals surface area (Å²) >= 11 is 12.3. The smallest absolute Gasteiger partial charge is 0.255 e. The van der Waals surface area contributed by atoms with Gasteiger partial charge in [-0.15, -0.1) is 0 Å². The Morgan fingerprint density at radius 3 is 1.28 bits per heavy atom. The lowest BCUT2D eigenvalue weighted by Crippen LogP contribution is -2.19. The predicted molar refractivity (Wildman–Crippen MR) is 157 cm³/mol. The molecule has 0 radical (unpaired) electrons. The van der Waals surface area contributed by atoms with Crippen LogP contribution in [0.2, 0.25) is 10.0 Å². The Morgan fingerprint density at radius 1 is 0.615 bits per heavy atom. The van der Waals surface area contributed by atoms with Crippen molar-refractivity contribution in [2.45, 2.75) is 19.3 Å². The van der Waals surface area contributed by atoms with Crippen LogP contribution < -0.4 is 20.1 Å². The summed E-state index contributed by atoms with van der Waals surface area (Å²) in [4.78, 5) is 25.3. The van der Waals surface area contributed by atoms with Crippen LogP contribution in [0.3, 0.4) is 0 Å². The van der Waals surface area contributed by atoms with Crippen LogP contribution in [0.15, 0.2) is 84.9 Å². The molecular formula is C31H28Cl2N2O4. The van der Waals surface area contributed by atoms with Gasteiger partial charge in [-0.1, -0.05) is 61.3 Å². The van der Waals surface area contributed by atoms with E-state index in [-0.39, 0.29) is 17.2 Å². The van der Waals surface area contributed by atoms with E-state index in [2.05, 4.69) is 24.5 Å². The number of ether oxygens (including phenoxy) is 2. The highest BCUT2D eigenvalue weighted by molar-refractivity contribution is 6.33. The summed E-state index contributed by atoms with van der Waals surface area (Å²) in [5, 5.41) is 6.54. The fourth-order valence-corrected chi connectivity index (χ4v) is 4.64. The van der Waals surface area contributed by atoms with Crippen molar-refractivity contribution in [2.24, 2.45) is 0 Å². The van der Waals surface area contributed by atoms with Crippen molar-refractivity contribution in [1.29, 1.82) is 0 Å². The summed E-state index contributed by atoms with van der Waals surface area (Å²) < 4.78 is 10.3. The van der Waals surface area contributed by atoms with Crippen LogP contribution in [0.25, 0.3) is 0 Å². The highest BCUT2D eigenvalue weighted by Gasteiger charge is 2.23. The van der Waals surface area contributed by atoms with Gasteiger partial charge in [0.25, 0.3) is 11.8 Å². The van der Waals surface area contributed by atoms with Crippen LogP contribution in [0.5, 0.6) is 11.5 Å². The molecule has 0 spiro atoms. The molecule has 2 amide bonds. The standard InChI is InChI=1S/C31H28Cl2N2O4/c1-31(2,21-7-11-23(12-8-21)34-29(36)19-5-15-27(38-3)25(32)17-19)22-9-13-24(14-10-22)35-30(37)20-6-16-28(39-4)26(33)18-20/h5-18H,1-4H3,(H,34,36)(H,35,37). The Kier molecular flexibility index (Phi) is 8.48. The van der Waals surface area contributed by atoms with Crippen LogP contribution in [0, 0.1) is 0 Å². The van der Waals surface area contributed by atoms with Crippen molar-refractivity contribution in [3.05, 3.63) is 117 Å². The normalized spacial score (nSPS) is 11.0. The van der Waals surface area contributed by atoms with Crippen molar-refractivity contribution >= 4 is 46.4 Å². The molecule has 4 aromatic rings. The van der Waals surface area contributed by atoms with Gasteiger partial charge in [0.05, 0.1) is 24.3 Å². The molecule has 4 aromatic carbocycles. The lowest BCUT2D eigenvalue weighted by Gasteiger charge is -2.26. The number of methoxy groups -OCH3 is 2. The second kappa shape index (κ2) is 11.8. The number of hydrogen-bond acceptors (Lipinski definition) is 4. The molecule has 4 rings (SSSR count). The Hall–Kier alpha value is -4.00. The van der Waals surface area contributed by atoms with E-state index in [1.54, 1.807) is 36.4 Å². The van der Waals surface area contributed by atoms with Gasteiger partial charge in [0.2, 0.25) is 0 Å². The predicted octanol–water partition coefficient (Wildman–Crippen LogP) is 7.84. The van der Waals surface area contributed by atoms with Crippen LogP contribution >= 0.6 is 23.2 Å². The molecule has 0 fully saturated rings. The number of carbonyl (C=O) groups excluding carboxylic acids is 2. The van der Waals surface area contributed by atoms with Gasteiger partial charge in [0.15, 0.2) is 0 Å². The van der Waals surface area contributed by atoms with E-state index >= 15 is 0 Å². The summed E-state index contributed by atoms with van der Waals surface area (Å²) in [6.07, 6.45) is 0. The average Bonchev–Trinajstić information content (AvgIpc) is 2.93. The summed E-state index contributed by atoms with van der Waals surface area (Å²) in [5.74, 6) is 0.497. The van der Waals surface area contributed by atoms with Gasteiger partial charge in [-0.2, -0.15) is 0 Å². The van der Waals surface area contributed by atoms with Crippen LogP contribution in [-0.4, -0.2) is 26.0 Å². The summed E-state index contributed by atoms with van der Waals surface area (Å²) in [6.45, 7) is 4.24. The lowest BCUT2D eigenvalue weighted by atomic mass is 9.78. The minimum Gasteiger partial charge on any atom is -0.495 e. The molecule has 0 unspecified atom stereocenters.